The van der Waals surface area contributed by atoms with Gasteiger partial charge in [-0.1, -0.05) is 0 Å². The molecule has 1 fully saturated rings. The van der Waals surface area contributed by atoms with E-state index in [2.05, 4.69) is 0 Å². The number of rotatable bonds is 2. The van der Waals surface area contributed by atoms with Crippen LogP contribution in [0.15, 0.2) is 0 Å². The topological polar surface area (TPSA) is 90.2 Å². The molecule has 1 aliphatic heterocycles. The van der Waals surface area contributed by atoms with Crippen LogP contribution in [0.4, 0.5) is 8.78 Å². The third kappa shape index (κ3) is 6.01. The molecule has 0 aromatic rings. The molecule has 0 unspecified atom stereocenters. The van der Waals surface area contributed by atoms with Gasteiger partial charge in [0.1, 0.15) is 42.9 Å². The van der Waals surface area contributed by atoms with E-state index in [0.717, 1.165) is 0 Å². The number of ether oxygens (including phenoxy) is 1. The average molecular weight is 272 g/mol. The van der Waals surface area contributed by atoms with Gasteiger partial charge in [-0.15, -0.1) is 0 Å². The molecular formula is C11H22F2O5. The van der Waals surface area contributed by atoms with Gasteiger partial charge in [-0.25, -0.2) is 8.78 Å². The lowest BCUT2D eigenvalue weighted by atomic mass is 9.96. The second-order valence-corrected chi connectivity index (χ2v) is 5.09. The molecule has 5 nitrogen and oxygen atoms in total. The molecule has 1 heterocycles. The highest BCUT2D eigenvalue weighted by Crippen LogP contribution is 2.21. The summed E-state index contributed by atoms with van der Waals surface area (Å²) in [5.41, 5.74) is -1.00. The molecule has 1 rings (SSSR count). The minimum atomic E-state index is -1.48. The molecule has 0 aromatic heterocycles. The van der Waals surface area contributed by atoms with Crippen LogP contribution in [0, 0.1) is 0 Å². The molecule has 5 atom stereocenters. The molecule has 0 amide bonds. The second-order valence-electron chi connectivity index (χ2n) is 5.09. The molecule has 0 aromatic carbocycles. The lowest BCUT2D eigenvalue weighted by Gasteiger charge is -2.38. The van der Waals surface area contributed by atoms with Gasteiger partial charge in [0, 0.05) is 0 Å². The van der Waals surface area contributed by atoms with Crippen molar-refractivity contribution in [3.05, 3.63) is 0 Å². The van der Waals surface area contributed by atoms with Gasteiger partial charge in [0.05, 0.1) is 6.61 Å². The first-order valence-corrected chi connectivity index (χ1v) is 5.67. The predicted molar refractivity (Wildman–Crippen MR) is 60.6 cm³/mol. The summed E-state index contributed by atoms with van der Waals surface area (Å²) < 4.78 is 28.7. The quantitative estimate of drug-likeness (QED) is 0.547. The van der Waals surface area contributed by atoms with Crippen LogP contribution in [0.5, 0.6) is 0 Å². The zero-order valence-electron chi connectivity index (χ0n) is 10.8. The largest absolute Gasteiger partial charge is 0.394 e. The van der Waals surface area contributed by atoms with Crippen molar-refractivity contribution in [1.29, 1.82) is 0 Å². The van der Waals surface area contributed by atoms with Crippen molar-refractivity contribution >= 4 is 0 Å². The van der Waals surface area contributed by atoms with Crippen LogP contribution in [-0.2, 0) is 4.74 Å². The molecule has 0 aliphatic carbocycles. The Labute approximate surface area is 105 Å². The van der Waals surface area contributed by atoms with E-state index in [0.29, 0.717) is 0 Å². The van der Waals surface area contributed by atoms with Crippen LogP contribution in [-0.4, -0.2) is 69.9 Å². The Kier molecular flexibility index (Phi) is 7.16. The number of halogens is 2. The Bertz CT molecular complexity index is 208. The van der Waals surface area contributed by atoms with Crippen molar-refractivity contribution in [2.24, 2.45) is 0 Å². The summed E-state index contributed by atoms with van der Waals surface area (Å²) in [6.07, 6.45) is -6.55. The summed E-state index contributed by atoms with van der Waals surface area (Å²) >= 11 is 0. The van der Waals surface area contributed by atoms with Gasteiger partial charge < -0.3 is 25.2 Å². The van der Waals surface area contributed by atoms with E-state index in [4.69, 9.17) is 14.9 Å². The normalized spacial score (nSPS) is 36.8. The maximum absolute atomic E-state index is 12.2. The molecule has 110 valence electrons. The summed E-state index contributed by atoms with van der Waals surface area (Å²) in [4.78, 5) is 0. The minimum Gasteiger partial charge on any atom is -0.394 e. The van der Waals surface area contributed by atoms with Gasteiger partial charge >= 0.3 is 0 Å². The monoisotopic (exact) mass is 272 g/mol. The Balaban J connectivity index is 0.000000494. The highest BCUT2D eigenvalue weighted by Gasteiger charge is 2.43. The summed E-state index contributed by atoms with van der Waals surface area (Å²) in [7, 11) is 0. The number of hydrogen-bond acceptors (Lipinski definition) is 5. The van der Waals surface area contributed by atoms with E-state index in [1.807, 2.05) is 0 Å². The molecule has 4 N–H and O–H groups in total. The SMILES string of the molecule is CC(C)(C)F.OC[C@H]1O[C@@H](CF)[C@H](O)[C@@H](O)[C@H]1O. The molecule has 1 saturated heterocycles. The Morgan fingerprint density at radius 1 is 1.00 bits per heavy atom. The van der Waals surface area contributed by atoms with Crippen LogP contribution in [0.25, 0.3) is 0 Å². The van der Waals surface area contributed by atoms with E-state index in [1.165, 1.54) is 20.8 Å². The first-order valence-electron chi connectivity index (χ1n) is 5.67. The molecule has 0 spiro atoms. The Morgan fingerprint density at radius 3 is 1.72 bits per heavy atom. The maximum atomic E-state index is 12.2. The predicted octanol–water partition coefficient (Wildman–Crippen LogP) is -0.447. The van der Waals surface area contributed by atoms with Crippen LogP contribution in [0.3, 0.4) is 0 Å². The summed E-state index contributed by atoms with van der Waals surface area (Å²) in [6.45, 7) is 3.07. The van der Waals surface area contributed by atoms with E-state index in [-0.39, 0.29) is 0 Å². The van der Waals surface area contributed by atoms with Crippen LogP contribution in [0.2, 0.25) is 0 Å². The minimum absolute atomic E-state index is 0.526. The summed E-state index contributed by atoms with van der Waals surface area (Å²) in [5.74, 6) is 0. The number of hydrogen-bond donors (Lipinski definition) is 4. The third-order valence-corrected chi connectivity index (χ3v) is 2.14. The molecule has 1 aliphatic rings. The smallest absolute Gasteiger partial charge is 0.118 e. The third-order valence-electron chi connectivity index (χ3n) is 2.14. The fraction of sp³-hybridized carbons (Fsp3) is 1.00. The van der Waals surface area contributed by atoms with E-state index in [1.54, 1.807) is 0 Å². The van der Waals surface area contributed by atoms with Crippen molar-refractivity contribution in [2.75, 3.05) is 13.3 Å². The Morgan fingerprint density at radius 2 is 1.39 bits per heavy atom. The van der Waals surface area contributed by atoms with Crippen LogP contribution >= 0.6 is 0 Å². The fourth-order valence-electron chi connectivity index (χ4n) is 1.31. The van der Waals surface area contributed by atoms with Crippen molar-refractivity contribution in [1.82, 2.24) is 0 Å². The molecule has 0 saturated carbocycles. The summed E-state index contributed by atoms with van der Waals surface area (Å²) in [5, 5.41) is 36.2. The van der Waals surface area contributed by atoms with Gasteiger partial charge in [0.25, 0.3) is 0 Å². The Hall–Kier alpha value is -0.340. The van der Waals surface area contributed by atoms with E-state index < -0.39 is 49.5 Å². The van der Waals surface area contributed by atoms with Crippen molar-refractivity contribution < 1.29 is 33.9 Å². The second kappa shape index (κ2) is 7.30. The average Bonchev–Trinajstić information content (AvgIpc) is 2.24. The van der Waals surface area contributed by atoms with Crippen molar-refractivity contribution in [3.63, 3.8) is 0 Å². The zero-order chi connectivity index (χ0) is 14.5. The number of aliphatic hydroxyl groups excluding tert-OH is 4. The highest BCUT2D eigenvalue weighted by atomic mass is 19.1. The maximum Gasteiger partial charge on any atom is 0.118 e. The number of aliphatic hydroxyl groups is 4. The van der Waals surface area contributed by atoms with Gasteiger partial charge in [-0.3, -0.25) is 0 Å². The van der Waals surface area contributed by atoms with Crippen LogP contribution < -0.4 is 0 Å². The number of alkyl halides is 2. The fourth-order valence-corrected chi connectivity index (χ4v) is 1.31. The van der Waals surface area contributed by atoms with E-state index in [9.17, 15) is 19.0 Å². The lowest BCUT2D eigenvalue weighted by Crippen LogP contribution is -2.59. The van der Waals surface area contributed by atoms with Crippen molar-refractivity contribution in [2.45, 2.75) is 57.0 Å². The standard InChI is InChI=1S/C7H13FO5.C4H9F/c8-1-3-5(10)7(12)6(11)4(2-9)13-3;1-4(2,3)5/h3-7,9-12H,1-2H2;1-3H3/t3-,4+,5-,6-,7+;/m0./s1. The van der Waals surface area contributed by atoms with Gasteiger partial charge in [-0.05, 0) is 20.8 Å². The molecule has 0 radical (unpaired) electrons. The first kappa shape index (κ1) is 17.7. The molecule has 18 heavy (non-hydrogen) atoms. The molecule has 0 bridgehead atoms. The summed E-state index contributed by atoms with van der Waals surface area (Å²) in [6, 6.07) is 0. The van der Waals surface area contributed by atoms with Gasteiger partial charge in [0.2, 0.25) is 0 Å². The zero-order valence-corrected chi connectivity index (χ0v) is 10.8. The lowest BCUT2D eigenvalue weighted by molar-refractivity contribution is -0.231. The van der Waals surface area contributed by atoms with Gasteiger partial charge in [0.15, 0.2) is 0 Å². The van der Waals surface area contributed by atoms with E-state index >= 15 is 0 Å². The molecule has 7 heteroatoms. The van der Waals surface area contributed by atoms with Crippen LogP contribution in [0.1, 0.15) is 20.8 Å². The van der Waals surface area contributed by atoms with Crippen molar-refractivity contribution in [3.8, 4) is 0 Å². The highest BCUT2D eigenvalue weighted by molar-refractivity contribution is 4.91. The first-order chi connectivity index (χ1) is 8.11. The molecular weight excluding hydrogens is 250 g/mol. The van der Waals surface area contributed by atoms with Gasteiger partial charge in [-0.2, -0.15) is 0 Å².